The Kier molecular flexibility index (Phi) is 6.21. The molecule has 0 aliphatic carbocycles. The van der Waals surface area contributed by atoms with Crippen LogP contribution in [0.25, 0.3) is 0 Å². The third-order valence-corrected chi connectivity index (χ3v) is 0.930. The third-order valence-electron chi connectivity index (χ3n) is 0.642. The molecule has 0 aliphatic heterocycles. The lowest BCUT2D eigenvalue weighted by Crippen LogP contribution is -1.85. The van der Waals surface area contributed by atoms with Crippen molar-refractivity contribution in [2.75, 3.05) is 6.61 Å². The molecule has 0 N–H and O–H groups in total. The van der Waals surface area contributed by atoms with Crippen molar-refractivity contribution < 1.29 is 8.39 Å². The van der Waals surface area contributed by atoms with Gasteiger partial charge in [0.05, 0.1) is 6.61 Å². The van der Waals surface area contributed by atoms with Gasteiger partial charge in [-0.15, -0.1) is 0 Å². The first-order valence-electron chi connectivity index (χ1n) is 2.36. The molecular weight excluding hydrogens is 112 g/mol. The van der Waals surface area contributed by atoms with E-state index in [1.165, 1.54) is 0 Å². The average molecular weight is 122 g/mol. The largest absolute Gasteiger partial charge is 0.293 e. The fraction of sp³-hybridized carbons (Fsp3) is 1.00. The van der Waals surface area contributed by atoms with E-state index in [4.69, 9.17) is 0 Å². The SMILES string of the molecule is CCCCO[SH]=O. The highest BCUT2D eigenvalue weighted by Crippen LogP contribution is 1.84. The minimum atomic E-state index is -0.195. The summed E-state index contributed by atoms with van der Waals surface area (Å²) in [5.41, 5.74) is 0. The summed E-state index contributed by atoms with van der Waals surface area (Å²) >= 11 is -0.195. The van der Waals surface area contributed by atoms with Gasteiger partial charge in [0.2, 0.25) is 0 Å². The third kappa shape index (κ3) is 6.11. The Morgan fingerprint density at radius 3 is 2.86 bits per heavy atom. The maximum atomic E-state index is 9.55. The summed E-state index contributed by atoms with van der Waals surface area (Å²) in [4.78, 5) is 0. The van der Waals surface area contributed by atoms with Crippen LogP contribution in [-0.4, -0.2) is 10.8 Å². The normalized spacial score (nSPS) is 9.29. The molecule has 0 unspecified atom stereocenters. The zero-order chi connectivity index (χ0) is 5.54. The molecule has 0 rings (SSSR count). The lowest BCUT2D eigenvalue weighted by Gasteiger charge is -1.88. The zero-order valence-corrected chi connectivity index (χ0v) is 5.28. The van der Waals surface area contributed by atoms with E-state index in [1.54, 1.807) is 0 Å². The molecule has 0 atom stereocenters. The second-order valence-electron chi connectivity index (χ2n) is 1.26. The highest BCUT2D eigenvalue weighted by atomic mass is 32.2. The van der Waals surface area contributed by atoms with Gasteiger partial charge in [0.1, 0.15) is 11.9 Å². The van der Waals surface area contributed by atoms with Gasteiger partial charge < -0.3 is 0 Å². The van der Waals surface area contributed by atoms with Crippen LogP contribution in [0.3, 0.4) is 0 Å². The standard InChI is InChI=1S/C4H10O2S/c1-2-3-4-6-7-5/h7H,2-4H2,1H3. The first-order chi connectivity index (χ1) is 3.41. The molecule has 7 heavy (non-hydrogen) atoms. The van der Waals surface area contributed by atoms with Crippen molar-refractivity contribution in [2.24, 2.45) is 0 Å². The van der Waals surface area contributed by atoms with E-state index in [0.29, 0.717) is 6.61 Å². The second kappa shape index (κ2) is 6.11. The highest BCUT2D eigenvalue weighted by molar-refractivity contribution is 7.60. The smallest absolute Gasteiger partial charge is 0.142 e. The minimum Gasteiger partial charge on any atom is -0.293 e. The minimum absolute atomic E-state index is 0.195. The van der Waals surface area contributed by atoms with Crippen molar-refractivity contribution in [3.05, 3.63) is 0 Å². The second-order valence-corrected chi connectivity index (χ2v) is 1.67. The zero-order valence-electron chi connectivity index (χ0n) is 4.39. The van der Waals surface area contributed by atoms with Crippen LogP contribution in [0.15, 0.2) is 0 Å². The molecule has 0 aromatic carbocycles. The van der Waals surface area contributed by atoms with Crippen LogP contribution >= 0.6 is 0 Å². The Morgan fingerprint density at radius 1 is 1.71 bits per heavy atom. The summed E-state index contributed by atoms with van der Waals surface area (Å²) in [5.74, 6) is 0. The maximum absolute atomic E-state index is 9.55. The van der Waals surface area contributed by atoms with Gasteiger partial charge in [-0.2, -0.15) is 0 Å². The van der Waals surface area contributed by atoms with Crippen LogP contribution in [0.2, 0.25) is 0 Å². The predicted octanol–water partition coefficient (Wildman–Crippen LogP) is 0.663. The molecule has 2 nitrogen and oxygen atoms in total. The summed E-state index contributed by atoms with van der Waals surface area (Å²) in [6, 6.07) is 0. The van der Waals surface area contributed by atoms with Gasteiger partial charge in [0.25, 0.3) is 0 Å². The van der Waals surface area contributed by atoms with Crippen molar-refractivity contribution in [1.29, 1.82) is 0 Å². The van der Waals surface area contributed by atoms with Crippen molar-refractivity contribution in [2.45, 2.75) is 19.8 Å². The number of hydrogen-bond donors (Lipinski definition) is 1. The van der Waals surface area contributed by atoms with Crippen LogP contribution in [0.1, 0.15) is 19.8 Å². The van der Waals surface area contributed by atoms with Crippen LogP contribution in [0.5, 0.6) is 0 Å². The summed E-state index contributed by atoms with van der Waals surface area (Å²) in [5, 5.41) is 0. The van der Waals surface area contributed by atoms with Crippen LogP contribution in [0.4, 0.5) is 0 Å². The van der Waals surface area contributed by atoms with Gasteiger partial charge in [-0.1, -0.05) is 13.3 Å². The Hall–Kier alpha value is 0.110. The van der Waals surface area contributed by atoms with Crippen LogP contribution in [0, 0.1) is 0 Å². The molecule has 0 aliphatic rings. The molecule has 0 amide bonds. The number of rotatable bonds is 4. The van der Waals surface area contributed by atoms with Crippen molar-refractivity contribution in [3.8, 4) is 0 Å². The molecule has 0 bridgehead atoms. The Labute approximate surface area is 47.6 Å². The van der Waals surface area contributed by atoms with E-state index < -0.39 is 0 Å². The van der Waals surface area contributed by atoms with Gasteiger partial charge in [0, 0.05) is 0 Å². The van der Waals surface area contributed by atoms with Gasteiger partial charge in [-0.05, 0) is 6.42 Å². The maximum Gasteiger partial charge on any atom is 0.142 e. The monoisotopic (exact) mass is 122 g/mol. The molecule has 3 heteroatoms. The average Bonchev–Trinajstić information content (AvgIpc) is 1.69. The van der Waals surface area contributed by atoms with E-state index in [-0.39, 0.29) is 11.9 Å². The molecule has 0 aromatic heterocycles. The molecular formula is C4H10O2S. The molecule has 0 saturated heterocycles. The first-order valence-corrected chi connectivity index (χ1v) is 3.09. The number of thiol groups is 1. The molecule has 0 spiro atoms. The van der Waals surface area contributed by atoms with Crippen molar-refractivity contribution in [3.63, 3.8) is 0 Å². The predicted molar refractivity (Wildman–Crippen MR) is 30.4 cm³/mol. The van der Waals surface area contributed by atoms with Gasteiger partial charge in [-0.3, -0.25) is 4.18 Å². The van der Waals surface area contributed by atoms with E-state index in [2.05, 4.69) is 11.1 Å². The number of hydrogen-bond acceptors (Lipinski definition) is 2. The summed E-state index contributed by atoms with van der Waals surface area (Å²) in [6.45, 7) is 2.67. The summed E-state index contributed by atoms with van der Waals surface area (Å²) in [6.07, 6.45) is 2.09. The van der Waals surface area contributed by atoms with Crippen LogP contribution in [-0.2, 0) is 16.1 Å². The summed E-state index contributed by atoms with van der Waals surface area (Å²) in [7, 11) is 0. The van der Waals surface area contributed by atoms with Gasteiger partial charge in [-0.25, -0.2) is 4.21 Å². The fourth-order valence-corrected chi connectivity index (χ4v) is 0.450. The Balaban J connectivity index is 2.56. The summed E-state index contributed by atoms with van der Waals surface area (Å²) < 4.78 is 14.0. The van der Waals surface area contributed by atoms with Crippen molar-refractivity contribution >= 4 is 11.9 Å². The molecule has 0 saturated carbocycles. The first kappa shape index (κ1) is 7.11. The van der Waals surface area contributed by atoms with E-state index >= 15 is 0 Å². The highest BCUT2D eigenvalue weighted by Gasteiger charge is 1.78. The molecule has 0 radical (unpaired) electrons. The lowest BCUT2D eigenvalue weighted by molar-refractivity contribution is 0.349. The quantitative estimate of drug-likeness (QED) is 0.438. The van der Waals surface area contributed by atoms with E-state index in [0.717, 1.165) is 12.8 Å². The fourth-order valence-electron chi connectivity index (χ4n) is 0.246. The lowest BCUT2D eigenvalue weighted by atomic mass is 10.4. The van der Waals surface area contributed by atoms with Gasteiger partial charge >= 0.3 is 0 Å². The Bertz CT molecular complexity index is 47.0. The number of unbranched alkanes of at least 4 members (excludes halogenated alkanes) is 1. The molecule has 44 valence electrons. The van der Waals surface area contributed by atoms with E-state index in [1.807, 2.05) is 0 Å². The van der Waals surface area contributed by atoms with Gasteiger partial charge in [0.15, 0.2) is 0 Å². The molecule has 0 fully saturated rings. The topological polar surface area (TPSA) is 26.3 Å². The van der Waals surface area contributed by atoms with Crippen LogP contribution < -0.4 is 0 Å². The molecule has 0 aromatic rings. The molecule has 0 heterocycles. The Morgan fingerprint density at radius 2 is 2.43 bits per heavy atom. The van der Waals surface area contributed by atoms with E-state index in [9.17, 15) is 4.21 Å². The van der Waals surface area contributed by atoms with Crippen molar-refractivity contribution in [1.82, 2.24) is 0 Å².